The maximum absolute atomic E-state index is 12.5. The number of urea groups is 1. The van der Waals surface area contributed by atoms with Gasteiger partial charge in [0.15, 0.2) is 5.65 Å². The Morgan fingerprint density at radius 1 is 1.23 bits per heavy atom. The highest BCUT2D eigenvalue weighted by Gasteiger charge is 2.34. The second kappa shape index (κ2) is 5.96. The molecule has 26 heavy (non-hydrogen) atoms. The number of aromatic nitrogens is 3. The first kappa shape index (κ1) is 15.8. The minimum atomic E-state index is -0.398. The van der Waals surface area contributed by atoms with Crippen LogP contribution < -0.4 is 10.2 Å². The largest absolute Gasteiger partial charge is 0.331 e. The van der Waals surface area contributed by atoms with E-state index < -0.39 is 6.03 Å². The van der Waals surface area contributed by atoms with Gasteiger partial charge >= 0.3 is 6.03 Å². The van der Waals surface area contributed by atoms with Crippen LogP contribution in [0.2, 0.25) is 0 Å². The second-order valence-electron chi connectivity index (χ2n) is 5.82. The highest BCUT2D eigenvalue weighted by molar-refractivity contribution is 6.20. The lowest BCUT2D eigenvalue weighted by Gasteiger charge is -2.15. The number of anilines is 2. The highest BCUT2D eigenvalue weighted by Crippen LogP contribution is 2.24. The van der Waals surface area contributed by atoms with Crippen LogP contribution in [0.3, 0.4) is 0 Å². The van der Waals surface area contributed by atoms with E-state index in [1.54, 1.807) is 49.8 Å². The third kappa shape index (κ3) is 2.55. The third-order valence-electron chi connectivity index (χ3n) is 4.03. The topological polar surface area (TPSA) is 99.9 Å². The lowest BCUT2D eigenvalue weighted by molar-refractivity contribution is -0.116. The van der Waals surface area contributed by atoms with Gasteiger partial charge in [-0.3, -0.25) is 9.59 Å². The fourth-order valence-corrected chi connectivity index (χ4v) is 2.78. The Balaban J connectivity index is 1.60. The standard InChI is InChI=1S/C17H14N6O3/c1-21-10-14(24)23(17(21)26)12-5-2-4-11(8-12)20-16(25)13-9-19-22-7-3-6-18-15(13)22/h2-9H,10H2,1H3,(H,20,25). The van der Waals surface area contributed by atoms with Crippen molar-refractivity contribution in [3.05, 3.63) is 54.5 Å². The number of nitrogens with zero attached hydrogens (tertiary/aromatic N) is 5. The van der Waals surface area contributed by atoms with E-state index in [0.717, 1.165) is 4.90 Å². The van der Waals surface area contributed by atoms with Crippen molar-refractivity contribution in [2.45, 2.75) is 0 Å². The monoisotopic (exact) mass is 350 g/mol. The van der Waals surface area contributed by atoms with E-state index in [1.165, 1.54) is 15.6 Å². The molecule has 1 fully saturated rings. The molecule has 0 spiro atoms. The molecule has 1 N–H and O–H groups in total. The molecule has 4 amide bonds. The minimum absolute atomic E-state index is 0.0312. The summed E-state index contributed by atoms with van der Waals surface area (Å²) in [6.07, 6.45) is 4.71. The predicted octanol–water partition coefficient (Wildman–Crippen LogP) is 1.38. The summed E-state index contributed by atoms with van der Waals surface area (Å²) in [7, 11) is 1.56. The molecule has 3 heterocycles. The number of fused-ring (bicyclic) bond motifs is 1. The van der Waals surface area contributed by atoms with Crippen LogP contribution in [0.1, 0.15) is 10.4 Å². The zero-order chi connectivity index (χ0) is 18.3. The first-order valence-electron chi connectivity index (χ1n) is 7.82. The fraction of sp³-hybridized carbons (Fsp3) is 0.118. The summed E-state index contributed by atoms with van der Waals surface area (Å²) in [6.45, 7) is 0.0312. The molecule has 1 aliphatic heterocycles. The smallest absolute Gasteiger partial charge is 0.322 e. The normalized spacial score (nSPS) is 14.3. The van der Waals surface area contributed by atoms with Gasteiger partial charge in [-0.1, -0.05) is 6.07 Å². The number of benzene rings is 1. The van der Waals surface area contributed by atoms with E-state index >= 15 is 0 Å². The van der Waals surface area contributed by atoms with E-state index in [4.69, 9.17) is 0 Å². The van der Waals surface area contributed by atoms with E-state index in [2.05, 4.69) is 15.4 Å². The molecule has 0 unspecified atom stereocenters. The van der Waals surface area contributed by atoms with E-state index in [9.17, 15) is 14.4 Å². The average molecular weight is 350 g/mol. The molecule has 0 radical (unpaired) electrons. The lowest BCUT2D eigenvalue weighted by Crippen LogP contribution is -2.31. The number of nitrogens with one attached hydrogen (secondary N) is 1. The van der Waals surface area contributed by atoms with Crippen LogP contribution in [0, 0.1) is 0 Å². The van der Waals surface area contributed by atoms with Gasteiger partial charge < -0.3 is 10.2 Å². The Bertz CT molecular complexity index is 1040. The molecule has 0 aliphatic carbocycles. The summed E-state index contributed by atoms with van der Waals surface area (Å²) in [4.78, 5) is 43.2. The van der Waals surface area contributed by atoms with Gasteiger partial charge in [-0.05, 0) is 24.3 Å². The Kier molecular flexibility index (Phi) is 3.61. The SMILES string of the molecule is CN1CC(=O)N(c2cccc(NC(=O)c3cnn4cccnc34)c2)C1=O. The molecular weight excluding hydrogens is 336 g/mol. The van der Waals surface area contributed by atoms with Gasteiger partial charge in [-0.2, -0.15) is 5.10 Å². The summed E-state index contributed by atoms with van der Waals surface area (Å²) in [5, 5.41) is 6.83. The summed E-state index contributed by atoms with van der Waals surface area (Å²) in [6, 6.07) is 7.87. The number of carbonyl (C=O) groups is 3. The molecule has 1 aromatic carbocycles. The Hall–Kier alpha value is -3.75. The molecule has 2 aromatic heterocycles. The molecule has 0 saturated carbocycles. The molecule has 0 atom stereocenters. The number of carbonyl (C=O) groups excluding carboxylic acids is 3. The van der Waals surface area contributed by atoms with Gasteiger partial charge in [0.1, 0.15) is 12.1 Å². The molecule has 1 aliphatic rings. The molecule has 4 rings (SSSR count). The van der Waals surface area contributed by atoms with Crippen LogP contribution >= 0.6 is 0 Å². The zero-order valence-corrected chi connectivity index (χ0v) is 13.8. The Morgan fingerprint density at radius 3 is 2.85 bits per heavy atom. The maximum Gasteiger partial charge on any atom is 0.331 e. The number of rotatable bonds is 3. The summed E-state index contributed by atoms with van der Waals surface area (Å²) < 4.78 is 1.50. The van der Waals surface area contributed by atoms with E-state index in [1.807, 2.05) is 0 Å². The van der Waals surface area contributed by atoms with Crippen molar-refractivity contribution in [2.24, 2.45) is 0 Å². The maximum atomic E-state index is 12.5. The van der Waals surface area contributed by atoms with Gasteiger partial charge in [0, 0.05) is 25.1 Å². The van der Waals surface area contributed by atoms with Gasteiger partial charge in [0.2, 0.25) is 0 Å². The first-order chi connectivity index (χ1) is 12.5. The van der Waals surface area contributed by atoms with Crippen molar-refractivity contribution in [3.63, 3.8) is 0 Å². The Labute approximate surface area is 147 Å². The number of amides is 4. The van der Waals surface area contributed by atoms with Crippen molar-refractivity contribution >= 4 is 34.9 Å². The predicted molar refractivity (Wildman–Crippen MR) is 92.9 cm³/mol. The molecule has 0 bridgehead atoms. The van der Waals surface area contributed by atoms with Gasteiger partial charge in [0.05, 0.1) is 11.9 Å². The molecule has 3 aromatic rings. The van der Waals surface area contributed by atoms with Crippen molar-refractivity contribution in [1.82, 2.24) is 19.5 Å². The van der Waals surface area contributed by atoms with Gasteiger partial charge in [0.25, 0.3) is 11.8 Å². The molecule has 9 heteroatoms. The van der Waals surface area contributed by atoms with Crippen LogP contribution in [0.15, 0.2) is 48.9 Å². The summed E-state index contributed by atoms with van der Waals surface area (Å²) >= 11 is 0. The quantitative estimate of drug-likeness (QED) is 0.719. The number of hydrogen-bond acceptors (Lipinski definition) is 5. The second-order valence-corrected chi connectivity index (χ2v) is 5.82. The van der Waals surface area contributed by atoms with E-state index in [0.29, 0.717) is 22.6 Å². The van der Waals surface area contributed by atoms with Crippen LogP contribution in [0.4, 0.5) is 16.2 Å². The number of likely N-dealkylation sites (N-methyl/N-ethyl adjacent to an activating group) is 1. The zero-order valence-electron chi connectivity index (χ0n) is 13.8. The first-order valence-corrected chi connectivity index (χ1v) is 7.82. The van der Waals surface area contributed by atoms with Crippen molar-refractivity contribution in [3.8, 4) is 0 Å². The molecule has 1 saturated heterocycles. The number of imide groups is 1. The van der Waals surface area contributed by atoms with Crippen molar-refractivity contribution in [2.75, 3.05) is 23.8 Å². The molecule has 130 valence electrons. The molecule has 9 nitrogen and oxygen atoms in total. The third-order valence-corrected chi connectivity index (χ3v) is 4.03. The van der Waals surface area contributed by atoms with Crippen LogP contribution in [0.25, 0.3) is 5.65 Å². The van der Waals surface area contributed by atoms with Crippen LogP contribution in [0.5, 0.6) is 0 Å². The minimum Gasteiger partial charge on any atom is -0.322 e. The average Bonchev–Trinajstić information content (AvgIpc) is 3.16. The van der Waals surface area contributed by atoms with Crippen molar-refractivity contribution in [1.29, 1.82) is 0 Å². The van der Waals surface area contributed by atoms with Crippen molar-refractivity contribution < 1.29 is 14.4 Å². The number of hydrogen-bond donors (Lipinski definition) is 1. The van der Waals surface area contributed by atoms with Gasteiger partial charge in [-0.15, -0.1) is 0 Å². The van der Waals surface area contributed by atoms with Crippen LogP contribution in [-0.2, 0) is 4.79 Å². The highest BCUT2D eigenvalue weighted by atomic mass is 16.2. The summed E-state index contributed by atoms with van der Waals surface area (Å²) in [5.41, 5.74) is 1.62. The fourth-order valence-electron chi connectivity index (χ4n) is 2.78. The lowest BCUT2D eigenvalue weighted by atomic mass is 10.2. The van der Waals surface area contributed by atoms with Gasteiger partial charge in [-0.25, -0.2) is 19.2 Å². The summed E-state index contributed by atoms with van der Waals surface area (Å²) in [5.74, 6) is -0.695. The van der Waals surface area contributed by atoms with E-state index in [-0.39, 0.29) is 18.4 Å². The Morgan fingerprint density at radius 2 is 2.08 bits per heavy atom. The van der Waals surface area contributed by atoms with Crippen LogP contribution in [-0.4, -0.2) is 50.9 Å². The molecular formula is C17H14N6O3.